The van der Waals surface area contributed by atoms with E-state index in [0.29, 0.717) is 0 Å². The van der Waals surface area contributed by atoms with Gasteiger partial charge in [-0.3, -0.25) is 0 Å². The highest BCUT2D eigenvalue weighted by Gasteiger charge is 2.56. The minimum absolute atomic E-state index is 0.0912. The van der Waals surface area contributed by atoms with Crippen molar-refractivity contribution in [3.8, 4) is 0 Å². The van der Waals surface area contributed by atoms with Crippen molar-refractivity contribution in [2.75, 3.05) is 0 Å². The maximum absolute atomic E-state index is 2.75. The predicted octanol–water partition coefficient (Wildman–Crippen LogP) is 7.39. The van der Waals surface area contributed by atoms with Crippen molar-refractivity contribution < 1.29 is 0 Å². The van der Waals surface area contributed by atoms with Crippen LogP contribution in [0.4, 0.5) is 0 Å². The van der Waals surface area contributed by atoms with Crippen LogP contribution in [0.2, 0.25) is 83.6 Å². The second-order valence-electron chi connectivity index (χ2n) is 18.0. The lowest BCUT2D eigenvalue weighted by atomic mass is 10.0. The topological polar surface area (TPSA) is 0 Å². The number of benzene rings is 3. The van der Waals surface area contributed by atoms with Crippen LogP contribution >= 0.6 is 0 Å². The fourth-order valence-electron chi connectivity index (χ4n) is 7.23. The van der Waals surface area contributed by atoms with Crippen LogP contribution in [0.25, 0.3) is 0 Å². The maximum atomic E-state index is 2.72. The highest BCUT2D eigenvalue weighted by atomic mass is 28.3. The van der Waals surface area contributed by atoms with Gasteiger partial charge in [0.25, 0.3) is 0 Å². The quantitative estimate of drug-likeness (QED) is 0.174. The van der Waals surface area contributed by atoms with Crippen LogP contribution in [0.3, 0.4) is 0 Å². The average Bonchev–Trinajstić information content (AvgIpc) is 3.10. The van der Waals surface area contributed by atoms with E-state index in [9.17, 15) is 0 Å². The first kappa shape index (κ1) is 35.1. The van der Waals surface area contributed by atoms with Crippen molar-refractivity contribution in [2.45, 2.75) is 111 Å². The molecule has 0 N–H and O–H groups in total. The Morgan fingerprint density at radius 2 is 0.750 bits per heavy atom. The summed E-state index contributed by atoms with van der Waals surface area (Å²) in [5, 5.41) is 11.2. The van der Waals surface area contributed by atoms with Crippen LogP contribution in [-0.2, 0) is 0 Å². The van der Waals surface area contributed by atoms with Gasteiger partial charge in [0, 0.05) is 5.04 Å². The minimum atomic E-state index is -2.75. The number of hydrogen-bond acceptors (Lipinski definition) is 0. The van der Waals surface area contributed by atoms with Gasteiger partial charge in [0.2, 0.25) is 0 Å². The highest BCUT2D eigenvalue weighted by Crippen LogP contribution is 2.52. The molecule has 1 aliphatic carbocycles. The summed E-state index contributed by atoms with van der Waals surface area (Å²) < 4.78 is 0. The molecule has 0 saturated heterocycles. The Labute approximate surface area is 276 Å². The molecule has 5 heteroatoms. The Hall–Kier alpha value is -1.78. The zero-order valence-electron chi connectivity index (χ0n) is 30.9. The maximum Gasteiger partial charge on any atom is 0.161 e. The lowest BCUT2D eigenvalue weighted by Gasteiger charge is -2.48. The second-order valence-corrected chi connectivity index (χ2v) is 42.6. The molecule has 0 radical (unpaired) electrons. The molecule has 0 amide bonds. The van der Waals surface area contributed by atoms with E-state index in [4.69, 9.17) is 0 Å². The van der Waals surface area contributed by atoms with Crippen LogP contribution in [0, 0.1) is 0 Å². The van der Waals surface area contributed by atoms with E-state index in [1.54, 1.807) is 41.9 Å². The van der Waals surface area contributed by atoms with E-state index in [2.05, 4.69) is 179 Å². The van der Waals surface area contributed by atoms with E-state index in [1.807, 2.05) is 0 Å². The number of allylic oxidation sites excluding steroid dienone is 4. The van der Waals surface area contributed by atoms with E-state index in [1.165, 1.54) is 11.1 Å². The molecule has 4 rings (SSSR count). The fourth-order valence-corrected chi connectivity index (χ4v) is 19.0. The molecule has 3 aromatic carbocycles. The van der Waals surface area contributed by atoms with Gasteiger partial charge in [-0.2, -0.15) is 0 Å². The summed E-state index contributed by atoms with van der Waals surface area (Å²) in [5.41, 5.74) is 4.50. The Kier molecular flexibility index (Phi) is 9.15. The van der Waals surface area contributed by atoms with E-state index in [-0.39, 0.29) is 5.04 Å². The summed E-state index contributed by atoms with van der Waals surface area (Å²) in [6.07, 6.45) is 2.70. The van der Waals surface area contributed by atoms with Gasteiger partial charge in [0.15, 0.2) is 8.07 Å². The predicted molar refractivity (Wildman–Crippen MR) is 216 cm³/mol. The molecule has 0 spiro atoms. The highest BCUT2D eigenvalue weighted by molar-refractivity contribution is 7.15. The van der Waals surface area contributed by atoms with Crippen LogP contribution in [0.1, 0.15) is 27.7 Å². The Bertz CT molecular complexity index is 1480. The van der Waals surface area contributed by atoms with Crippen molar-refractivity contribution >= 4 is 76.7 Å². The van der Waals surface area contributed by atoms with Crippen molar-refractivity contribution in [2.24, 2.45) is 0 Å². The van der Waals surface area contributed by atoms with Crippen molar-refractivity contribution in [1.29, 1.82) is 0 Å². The van der Waals surface area contributed by atoms with Gasteiger partial charge in [0.05, 0.1) is 32.3 Å². The molecule has 0 aromatic heterocycles. The van der Waals surface area contributed by atoms with Crippen molar-refractivity contribution in [3.05, 3.63) is 89.5 Å². The van der Waals surface area contributed by atoms with Crippen LogP contribution in [0.5, 0.6) is 0 Å². The average molecular weight is 669 g/mol. The molecule has 0 aliphatic heterocycles. The first-order valence-corrected chi connectivity index (χ1v) is 32.7. The first-order chi connectivity index (χ1) is 19.9. The monoisotopic (exact) mass is 668 g/mol. The molecule has 44 heavy (non-hydrogen) atoms. The van der Waals surface area contributed by atoms with Gasteiger partial charge in [-0.15, -0.1) is 0 Å². The van der Waals surface area contributed by atoms with Crippen LogP contribution in [0.15, 0.2) is 89.5 Å². The normalized spacial score (nSPS) is 18.6. The molecule has 1 atom stereocenters. The molecule has 1 aliphatic rings. The first-order valence-electron chi connectivity index (χ1n) is 16.7. The molecule has 3 aromatic rings. The second kappa shape index (κ2) is 11.5. The van der Waals surface area contributed by atoms with Crippen LogP contribution in [-0.4, -0.2) is 40.4 Å². The van der Waals surface area contributed by atoms with Gasteiger partial charge in [-0.1, -0.05) is 190 Å². The van der Waals surface area contributed by atoms with Gasteiger partial charge in [-0.25, -0.2) is 0 Å². The third kappa shape index (κ3) is 6.16. The fraction of sp³-hybridized carbons (Fsp3) is 0.436. The Morgan fingerprint density at radius 3 is 1.02 bits per heavy atom. The van der Waals surface area contributed by atoms with Crippen LogP contribution < -0.4 is 36.3 Å². The molecular weight excluding hydrogens is 609 g/mol. The number of rotatable bonds is 8. The lowest BCUT2D eigenvalue weighted by Crippen LogP contribution is -2.75. The third-order valence-corrected chi connectivity index (χ3v) is 24.3. The Balaban J connectivity index is 2.39. The Morgan fingerprint density at radius 1 is 0.432 bits per heavy atom. The summed E-state index contributed by atoms with van der Waals surface area (Å²) in [5.74, 6) is 0. The number of hydrogen-bond donors (Lipinski definition) is 0. The molecule has 236 valence electrons. The smallest absolute Gasteiger partial charge is 0.0730 e. The van der Waals surface area contributed by atoms with Gasteiger partial charge < -0.3 is 0 Å². The zero-order chi connectivity index (χ0) is 33.3. The summed E-state index contributed by atoms with van der Waals surface area (Å²) >= 11 is 0. The third-order valence-electron chi connectivity index (χ3n) is 10.6. The van der Waals surface area contributed by atoms with Crippen molar-refractivity contribution in [1.82, 2.24) is 0 Å². The molecule has 1 unspecified atom stereocenters. The molecule has 0 heterocycles. The van der Waals surface area contributed by atoms with Crippen molar-refractivity contribution in [3.63, 3.8) is 0 Å². The summed E-state index contributed by atoms with van der Waals surface area (Å²) in [6, 6.07) is 28.0. The lowest BCUT2D eigenvalue weighted by molar-refractivity contribution is 0.870. The van der Waals surface area contributed by atoms with Gasteiger partial charge in [0.1, 0.15) is 0 Å². The summed E-state index contributed by atoms with van der Waals surface area (Å²) in [6.45, 7) is 40.3. The molecule has 0 saturated carbocycles. The van der Waals surface area contributed by atoms with E-state index < -0.39 is 40.4 Å². The van der Waals surface area contributed by atoms with Gasteiger partial charge in [-0.05, 0) is 41.9 Å². The minimum Gasteiger partial charge on any atom is -0.0730 e. The van der Waals surface area contributed by atoms with E-state index >= 15 is 0 Å². The summed E-state index contributed by atoms with van der Waals surface area (Å²) in [4.78, 5) is 0. The summed E-state index contributed by atoms with van der Waals surface area (Å²) in [7, 11) is -9.21. The largest absolute Gasteiger partial charge is 0.161 e. The van der Waals surface area contributed by atoms with Gasteiger partial charge >= 0.3 is 0 Å². The SMILES string of the molecule is CC1=CC(C)([Si](c2ccccc2)(c2cc([Si](C)(C)C)cc([Si](C)(C)C)c2)c2cc([Si](C)(C)C)cc([Si](C)(C)C)c2)C(C)=C1C. The standard InChI is InChI=1S/C39H60Si5/c1-29-28-39(4,31(3)30(29)2)44(32-20-18-17-19-21-32,37-24-33(40(5,6)7)22-34(25-37)41(8,9)10)38-26-35(42(11,12)13)23-36(27-38)43(14,15)16/h17-28H,1-16H3. The molecule has 0 bridgehead atoms. The molecule has 0 fully saturated rings. The molecular formula is C39H60Si5. The van der Waals surface area contributed by atoms with E-state index in [0.717, 1.165) is 0 Å². The zero-order valence-corrected chi connectivity index (χ0v) is 35.9. The molecule has 0 nitrogen and oxygen atoms in total.